The highest BCUT2D eigenvalue weighted by molar-refractivity contribution is 6.65. The minimum absolute atomic E-state index is 0.382. The van der Waals surface area contributed by atoms with Gasteiger partial charge in [0.1, 0.15) is 11.5 Å². The van der Waals surface area contributed by atoms with E-state index in [-0.39, 0.29) is 0 Å². The Labute approximate surface area is 175 Å². The SMILES string of the molecule is CC(=O)O[Si](COc1ccc2c(c1)COC1(CCCCC1)O2)(OC(C)=O)OC(C)=O. The average Bonchev–Trinajstić information content (AvgIpc) is 2.65. The lowest BCUT2D eigenvalue weighted by Gasteiger charge is -2.41. The third-order valence-corrected chi connectivity index (χ3v) is 7.04. The van der Waals surface area contributed by atoms with Crippen LogP contribution >= 0.6 is 0 Å². The summed E-state index contributed by atoms with van der Waals surface area (Å²) in [5, 5.41) is 0. The van der Waals surface area contributed by atoms with E-state index in [0.717, 1.165) is 57.8 Å². The number of carbonyl (C=O) groups is 3. The zero-order valence-electron chi connectivity index (χ0n) is 17.4. The van der Waals surface area contributed by atoms with Gasteiger partial charge in [0.05, 0.1) is 6.61 Å². The molecule has 0 radical (unpaired) electrons. The molecule has 0 bridgehead atoms. The summed E-state index contributed by atoms with van der Waals surface area (Å²) in [6.45, 7) is 3.77. The topological polar surface area (TPSA) is 107 Å². The number of benzene rings is 1. The van der Waals surface area contributed by atoms with E-state index in [2.05, 4.69) is 0 Å². The molecule has 1 saturated carbocycles. The molecular formula is C20H26O9Si. The van der Waals surface area contributed by atoms with Crippen molar-refractivity contribution in [2.45, 2.75) is 65.3 Å². The van der Waals surface area contributed by atoms with Gasteiger partial charge in [-0.25, -0.2) is 0 Å². The van der Waals surface area contributed by atoms with Gasteiger partial charge in [0.2, 0.25) is 5.79 Å². The Morgan fingerprint density at radius 1 is 0.967 bits per heavy atom. The van der Waals surface area contributed by atoms with Gasteiger partial charge in [0.15, 0.2) is 6.23 Å². The predicted octanol–water partition coefficient (Wildman–Crippen LogP) is 2.80. The normalized spacial score (nSPS) is 17.3. The first-order valence-corrected chi connectivity index (χ1v) is 11.8. The molecule has 0 N–H and O–H groups in total. The fourth-order valence-corrected chi connectivity index (χ4v) is 5.57. The van der Waals surface area contributed by atoms with Crippen LogP contribution in [0.1, 0.15) is 58.4 Å². The van der Waals surface area contributed by atoms with Crippen molar-refractivity contribution in [3.05, 3.63) is 23.8 Å². The Morgan fingerprint density at radius 2 is 1.57 bits per heavy atom. The maximum atomic E-state index is 11.5. The van der Waals surface area contributed by atoms with Crippen molar-refractivity contribution in [1.29, 1.82) is 0 Å². The van der Waals surface area contributed by atoms with E-state index in [1.165, 1.54) is 6.42 Å². The first-order chi connectivity index (χ1) is 14.2. The lowest BCUT2D eigenvalue weighted by molar-refractivity contribution is -0.222. The van der Waals surface area contributed by atoms with Crippen molar-refractivity contribution in [2.75, 3.05) is 6.23 Å². The summed E-state index contributed by atoms with van der Waals surface area (Å²) in [6.07, 6.45) is 4.66. The summed E-state index contributed by atoms with van der Waals surface area (Å²) < 4.78 is 33.2. The van der Waals surface area contributed by atoms with Crippen molar-refractivity contribution >= 4 is 26.7 Å². The standard InChI is InChI=1S/C20H26O9Si/c1-14(21)27-30(28-15(2)22,29-16(3)23)13-24-18-7-8-19-17(11-18)12-25-20(26-19)9-5-4-6-10-20/h7-8,11H,4-6,9-10,12-13H2,1-3H3. The highest BCUT2D eigenvalue weighted by Gasteiger charge is 2.54. The third kappa shape index (κ3) is 5.51. The molecule has 0 aromatic heterocycles. The summed E-state index contributed by atoms with van der Waals surface area (Å²) in [7, 11) is -4.07. The molecule has 0 saturated heterocycles. The highest BCUT2D eigenvalue weighted by Crippen LogP contribution is 2.41. The second kappa shape index (κ2) is 9.05. The van der Waals surface area contributed by atoms with Crippen LogP contribution in [0, 0.1) is 0 Å². The van der Waals surface area contributed by atoms with E-state index in [0.29, 0.717) is 12.4 Å². The van der Waals surface area contributed by atoms with Crippen LogP contribution in [0.15, 0.2) is 18.2 Å². The summed E-state index contributed by atoms with van der Waals surface area (Å²) in [4.78, 5) is 34.5. The minimum atomic E-state index is -4.07. The van der Waals surface area contributed by atoms with E-state index in [1.54, 1.807) is 18.2 Å². The molecule has 1 aromatic rings. The van der Waals surface area contributed by atoms with Gasteiger partial charge in [-0.05, 0) is 31.0 Å². The summed E-state index contributed by atoms with van der Waals surface area (Å²) >= 11 is 0. The van der Waals surface area contributed by atoms with Crippen molar-refractivity contribution in [3.8, 4) is 11.5 Å². The van der Waals surface area contributed by atoms with Crippen LogP contribution in [-0.4, -0.2) is 38.7 Å². The summed E-state index contributed by atoms with van der Waals surface area (Å²) in [5.74, 6) is -1.66. The van der Waals surface area contributed by atoms with Crippen LogP contribution in [0.2, 0.25) is 0 Å². The lowest BCUT2D eigenvalue weighted by Crippen LogP contribution is -2.54. The van der Waals surface area contributed by atoms with Gasteiger partial charge < -0.3 is 27.5 Å². The average molecular weight is 439 g/mol. The van der Waals surface area contributed by atoms with Crippen LogP contribution in [0.3, 0.4) is 0 Å². The number of hydrogen-bond acceptors (Lipinski definition) is 9. The van der Waals surface area contributed by atoms with Gasteiger partial charge in [-0.1, -0.05) is 6.42 Å². The highest BCUT2D eigenvalue weighted by atomic mass is 28.4. The molecule has 0 atom stereocenters. The third-order valence-electron chi connectivity index (χ3n) is 4.75. The Balaban J connectivity index is 1.73. The second-order valence-corrected chi connectivity index (χ2v) is 9.65. The van der Waals surface area contributed by atoms with Gasteiger partial charge in [0.25, 0.3) is 17.9 Å². The molecule has 1 fully saturated rings. The number of ether oxygens (including phenoxy) is 3. The van der Waals surface area contributed by atoms with Gasteiger partial charge in [0, 0.05) is 39.2 Å². The van der Waals surface area contributed by atoms with Gasteiger partial charge in [-0.3, -0.25) is 14.4 Å². The smallest absolute Gasteiger partial charge is 0.485 e. The Kier molecular flexibility index (Phi) is 6.66. The molecule has 1 aromatic carbocycles. The molecule has 1 aliphatic heterocycles. The fourth-order valence-electron chi connectivity index (χ4n) is 3.61. The molecule has 0 unspecified atom stereocenters. The monoisotopic (exact) mass is 438 g/mol. The first-order valence-electron chi connectivity index (χ1n) is 9.88. The van der Waals surface area contributed by atoms with Gasteiger partial charge in [-0.2, -0.15) is 0 Å². The van der Waals surface area contributed by atoms with Crippen LogP contribution in [0.4, 0.5) is 0 Å². The zero-order valence-corrected chi connectivity index (χ0v) is 18.4. The number of hydrogen-bond donors (Lipinski definition) is 0. The van der Waals surface area contributed by atoms with Crippen LogP contribution in [0.5, 0.6) is 11.5 Å². The van der Waals surface area contributed by atoms with E-state index in [4.69, 9.17) is 27.5 Å². The number of fused-ring (bicyclic) bond motifs is 1. The van der Waals surface area contributed by atoms with Crippen molar-refractivity contribution < 1.29 is 41.9 Å². The van der Waals surface area contributed by atoms with Gasteiger partial charge in [-0.15, -0.1) is 0 Å². The Morgan fingerprint density at radius 3 is 2.13 bits per heavy atom. The van der Waals surface area contributed by atoms with Crippen LogP contribution in [0.25, 0.3) is 0 Å². The molecule has 164 valence electrons. The molecule has 10 heteroatoms. The number of carbonyl (C=O) groups excluding carboxylic acids is 3. The largest absolute Gasteiger partial charge is 0.745 e. The Bertz CT molecular complexity index is 776. The molecule has 2 aliphatic rings. The second-order valence-electron chi connectivity index (χ2n) is 7.38. The molecule has 0 amide bonds. The van der Waals surface area contributed by atoms with Crippen molar-refractivity contribution in [3.63, 3.8) is 0 Å². The molecule has 1 spiro atoms. The predicted molar refractivity (Wildman–Crippen MR) is 104 cm³/mol. The van der Waals surface area contributed by atoms with Crippen molar-refractivity contribution in [2.24, 2.45) is 0 Å². The van der Waals surface area contributed by atoms with E-state index < -0.39 is 38.7 Å². The summed E-state index contributed by atoms with van der Waals surface area (Å²) in [6, 6.07) is 5.21. The van der Waals surface area contributed by atoms with E-state index in [9.17, 15) is 14.4 Å². The molecule has 3 rings (SSSR count). The molecule has 1 aliphatic carbocycles. The maximum absolute atomic E-state index is 11.5. The van der Waals surface area contributed by atoms with E-state index in [1.807, 2.05) is 0 Å². The van der Waals surface area contributed by atoms with Crippen molar-refractivity contribution in [1.82, 2.24) is 0 Å². The molecule has 1 heterocycles. The minimum Gasteiger partial charge on any atom is -0.485 e. The van der Waals surface area contributed by atoms with Crippen LogP contribution < -0.4 is 9.47 Å². The first kappa shape index (κ1) is 22.1. The number of rotatable bonds is 6. The molecule has 30 heavy (non-hydrogen) atoms. The Hall–Kier alpha value is -2.59. The maximum Gasteiger partial charge on any atom is 0.745 e. The lowest BCUT2D eigenvalue weighted by atomic mass is 9.93. The fraction of sp³-hybridized carbons (Fsp3) is 0.550. The quantitative estimate of drug-likeness (QED) is 0.620. The van der Waals surface area contributed by atoms with Crippen LogP contribution in [-0.2, 0) is 39.0 Å². The summed E-state index contributed by atoms with van der Waals surface area (Å²) in [5.41, 5.74) is 0.809. The van der Waals surface area contributed by atoms with Gasteiger partial charge >= 0.3 is 8.80 Å². The molecule has 9 nitrogen and oxygen atoms in total. The molecular weight excluding hydrogens is 412 g/mol. The zero-order chi connectivity index (χ0) is 21.8. The van der Waals surface area contributed by atoms with E-state index >= 15 is 0 Å².